The lowest BCUT2D eigenvalue weighted by atomic mass is 10.1. The minimum Gasteiger partial charge on any atom is -0.479 e. The number of nitrogens with zero attached hydrogens (tertiary/aromatic N) is 1. The van der Waals surface area contributed by atoms with E-state index in [2.05, 4.69) is 5.32 Å². The highest BCUT2D eigenvalue weighted by Gasteiger charge is 2.17. The quantitative estimate of drug-likeness (QED) is 0.913. The number of carbonyl (C=O) groups is 1. The summed E-state index contributed by atoms with van der Waals surface area (Å²) in [6.45, 7) is 5.54. The van der Waals surface area contributed by atoms with E-state index in [1.165, 1.54) is 6.07 Å². The summed E-state index contributed by atoms with van der Waals surface area (Å²) in [5, 5.41) is 12.0. The largest absolute Gasteiger partial charge is 0.479 e. The molecule has 0 heterocycles. The highest BCUT2D eigenvalue weighted by molar-refractivity contribution is 6.32. The van der Waals surface area contributed by atoms with Crippen molar-refractivity contribution >= 4 is 23.2 Å². The Balaban J connectivity index is 2.08. The number of rotatable bonds is 4. The van der Waals surface area contributed by atoms with E-state index in [4.69, 9.17) is 21.6 Å². The third kappa shape index (κ3) is 4.24. The molecule has 0 saturated carbocycles. The van der Waals surface area contributed by atoms with Crippen LogP contribution in [0.1, 0.15) is 23.6 Å². The number of hydrogen-bond acceptors (Lipinski definition) is 3. The maximum Gasteiger partial charge on any atom is 0.265 e. The summed E-state index contributed by atoms with van der Waals surface area (Å²) in [5.74, 6) is 0.105. The van der Waals surface area contributed by atoms with Crippen molar-refractivity contribution < 1.29 is 9.53 Å². The van der Waals surface area contributed by atoms with Crippen LogP contribution >= 0.6 is 11.6 Å². The van der Waals surface area contributed by atoms with Gasteiger partial charge in [0.25, 0.3) is 5.91 Å². The summed E-state index contributed by atoms with van der Waals surface area (Å²) in [6, 6.07) is 12.5. The second kappa shape index (κ2) is 7.17. The number of halogens is 1. The van der Waals surface area contributed by atoms with Crippen LogP contribution in [-0.2, 0) is 4.79 Å². The molecule has 2 aromatic carbocycles. The molecule has 0 aromatic heterocycles. The van der Waals surface area contributed by atoms with Gasteiger partial charge in [0, 0.05) is 5.69 Å². The van der Waals surface area contributed by atoms with Crippen LogP contribution in [0.2, 0.25) is 5.02 Å². The van der Waals surface area contributed by atoms with Crippen molar-refractivity contribution in [2.24, 2.45) is 0 Å². The molecule has 0 saturated heterocycles. The van der Waals surface area contributed by atoms with Crippen molar-refractivity contribution in [1.29, 1.82) is 5.26 Å². The summed E-state index contributed by atoms with van der Waals surface area (Å²) < 4.78 is 5.60. The lowest BCUT2D eigenvalue weighted by Crippen LogP contribution is -2.30. The second-order valence-corrected chi connectivity index (χ2v) is 5.73. The Kier molecular flexibility index (Phi) is 5.25. The molecule has 0 radical (unpaired) electrons. The number of nitrogens with one attached hydrogen (secondary N) is 1. The zero-order valence-electron chi connectivity index (χ0n) is 13.2. The number of nitriles is 1. The molecule has 23 heavy (non-hydrogen) atoms. The molecule has 118 valence electrons. The monoisotopic (exact) mass is 328 g/mol. The fourth-order valence-electron chi connectivity index (χ4n) is 2.01. The summed E-state index contributed by atoms with van der Waals surface area (Å²) >= 11 is 6.06. The first-order valence-corrected chi connectivity index (χ1v) is 7.53. The smallest absolute Gasteiger partial charge is 0.265 e. The minimum absolute atomic E-state index is 0.265. The fourth-order valence-corrected chi connectivity index (χ4v) is 2.24. The molecule has 1 atom stereocenters. The van der Waals surface area contributed by atoms with Gasteiger partial charge in [-0.15, -0.1) is 0 Å². The molecule has 1 amide bonds. The average molecular weight is 329 g/mol. The van der Waals surface area contributed by atoms with Crippen molar-refractivity contribution in [3.05, 3.63) is 58.1 Å². The SMILES string of the molecule is Cc1ccc(C)c(NC(=O)[C@@H](C)Oc2ccc(C#N)cc2Cl)c1. The lowest BCUT2D eigenvalue weighted by molar-refractivity contribution is -0.122. The van der Waals surface area contributed by atoms with Crippen LogP contribution < -0.4 is 10.1 Å². The van der Waals surface area contributed by atoms with Crippen LogP contribution in [0, 0.1) is 25.2 Å². The summed E-state index contributed by atoms with van der Waals surface area (Å²) in [5.41, 5.74) is 3.24. The molecule has 0 bridgehead atoms. The Morgan fingerprint density at radius 3 is 2.65 bits per heavy atom. The van der Waals surface area contributed by atoms with Gasteiger partial charge in [0.05, 0.1) is 16.7 Å². The van der Waals surface area contributed by atoms with E-state index >= 15 is 0 Å². The van der Waals surface area contributed by atoms with Crippen molar-refractivity contribution in [3.8, 4) is 11.8 Å². The fraction of sp³-hybridized carbons (Fsp3) is 0.222. The first-order valence-electron chi connectivity index (χ1n) is 7.15. The van der Waals surface area contributed by atoms with Gasteiger partial charge in [-0.2, -0.15) is 5.26 Å². The Morgan fingerprint density at radius 1 is 1.26 bits per heavy atom. The predicted molar refractivity (Wildman–Crippen MR) is 90.8 cm³/mol. The highest BCUT2D eigenvalue weighted by atomic mass is 35.5. The topological polar surface area (TPSA) is 62.1 Å². The number of hydrogen-bond donors (Lipinski definition) is 1. The molecule has 0 unspecified atom stereocenters. The van der Waals surface area contributed by atoms with Gasteiger partial charge in [-0.1, -0.05) is 23.7 Å². The normalized spacial score (nSPS) is 11.4. The minimum atomic E-state index is -0.722. The molecule has 0 aliphatic carbocycles. The van der Waals surface area contributed by atoms with Crippen molar-refractivity contribution in [2.75, 3.05) is 5.32 Å². The van der Waals surface area contributed by atoms with Crippen LogP contribution in [-0.4, -0.2) is 12.0 Å². The van der Waals surface area contributed by atoms with Gasteiger partial charge in [0.2, 0.25) is 0 Å². The highest BCUT2D eigenvalue weighted by Crippen LogP contribution is 2.26. The maximum absolute atomic E-state index is 12.3. The standard InChI is InChI=1S/C18H17ClN2O2/c1-11-4-5-12(2)16(8-11)21-18(22)13(3)23-17-7-6-14(10-20)9-15(17)19/h4-9,13H,1-3H3,(H,21,22)/t13-/m1/s1. The van der Waals surface area contributed by atoms with E-state index in [0.717, 1.165) is 16.8 Å². The number of benzene rings is 2. The molecular formula is C18H17ClN2O2. The van der Waals surface area contributed by atoms with Crippen LogP contribution in [0.3, 0.4) is 0 Å². The molecule has 1 N–H and O–H groups in total. The molecule has 0 spiro atoms. The Bertz CT molecular complexity index is 781. The van der Waals surface area contributed by atoms with E-state index in [1.807, 2.05) is 38.1 Å². The first kappa shape index (κ1) is 16.9. The van der Waals surface area contributed by atoms with E-state index in [0.29, 0.717) is 16.3 Å². The van der Waals surface area contributed by atoms with Gasteiger partial charge in [-0.05, 0) is 56.2 Å². The van der Waals surface area contributed by atoms with Gasteiger partial charge in [0.1, 0.15) is 5.75 Å². The molecule has 0 aliphatic rings. The molecule has 4 nitrogen and oxygen atoms in total. The van der Waals surface area contributed by atoms with Gasteiger partial charge in [-0.3, -0.25) is 4.79 Å². The molecular weight excluding hydrogens is 312 g/mol. The summed E-state index contributed by atoms with van der Waals surface area (Å²) in [6.07, 6.45) is -0.722. The van der Waals surface area contributed by atoms with Gasteiger partial charge >= 0.3 is 0 Å². The number of carbonyl (C=O) groups excluding carboxylic acids is 1. The molecule has 0 aliphatic heterocycles. The number of ether oxygens (including phenoxy) is 1. The van der Waals surface area contributed by atoms with E-state index in [1.54, 1.807) is 19.1 Å². The third-order valence-corrected chi connectivity index (χ3v) is 3.68. The van der Waals surface area contributed by atoms with Crippen LogP contribution in [0.5, 0.6) is 5.75 Å². The molecule has 0 fully saturated rings. The van der Waals surface area contributed by atoms with Crippen LogP contribution in [0.15, 0.2) is 36.4 Å². The number of anilines is 1. The van der Waals surface area contributed by atoms with Gasteiger partial charge < -0.3 is 10.1 Å². The van der Waals surface area contributed by atoms with Crippen LogP contribution in [0.25, 0.3) is 0 Å². The number of amides is 1. The Morgan fingerprint density at radius 2 is 2.00 bits per heavy atom. The van der Waals surface area contributed by atoms with Crippen LogP contribution in [0.4, 0.5) is 5.69 Å². The zero-order valence-corrected chi connectivity index (χ0v) is 13.9. The van der Waals surface area contributed by atoms with Crippen molar-refractivity contribution in [1.82, 2.24) is 0 Å². The molecule has 2 aromatic rings. The lowest BCUT2D eigenvalue weighted by Gasteiger charge is -2.17. The second-order valence-electron chi connectivity index (χ2n) is 5.32. The first-order chi connectivity index (χ1) is 10.9. The predicted octanol–water partition coefficient (Wildman–Crippen LogP) is 4.23. The Labute approximate surface area is 140 Å². The molecule has 2 rings (SSSR count). The van der Waals surface area contributed by atoms with Crippen molar-refractivity contribution in [3.63, 3.8) is 0 Å². The number of aryl methyl sites for hydroxylation is 2. The van der Waals surface area contributed by atoms with Gasteiger partial charge in [0.15, 0.2) is 6.10 Å². The summed E-state index contributed by atoms with van der Waals surface area (Å²) in [4.78, 5) is 12.3. The van der Waals surface area contributed by atoms with Gasteiger partial charge in [-0.25, -0.2) is 0 Å². The van der Waals surface area contributed by atoms with E-state index in [9.17, 15) is 4.79 Å². The van der Waals surface area contributed by atoms with E-state index in [-0.39, 0.29) is 5.91 Å². The maximum atomic E-state index is 12.3. The van der Waals surface area contributed by atoms with E-state index < -0.39 is 6.10 Å². The molecule has 5 heteroatoms. The zero-order chi connectivity index (χ0) is 17.0. The Hall–Kier alpha value is -2.51. The third-order valence-electron chi connectivity index (χ3n) is 3.38. The average Bonchev–Trinajstić information content (AvgIpc) is 2.52. The van der Waals surface area contributed by atoms with Crippen molar-refractivity contribution in [2.45, 2.75) is 26.9 Å². The summed E-state index contributed by atoms with van der Waals surface area (Å²) in [7, 11) is 0.